The first-order chi connectivity index (χ1) is 19.0. The number of hydrogen-bond donors (Lipinski definition) is 2. The zero-order valence-electron chi connectivity index (χ0n) is 22.3. The van der Waals surface area contributed by atoms with E-state index >= 15 is 0 Å². The third kappa shape index (κ3) is 5.37. The van der Waals surface area contributed by atoms with E-state index in [9.17, 15) is 9.59 Å². The molecule has 39 heavy (non-hydrogen) atoms. The number of benzene rings is 2. The van der Waals surface area contributed by atoms with Crippen LogP contribution >= 0.6 is 0 Å². The molecule has 1 saturated carbocycles. The van der Waals surface area contributed by atoms with Crippen LogP contribution < -0.4 is 25.3 Å². The molecular weight excluding hydrogens is 494 g/mol. The fourth-order valence-electron chi connectivity index (χ4n) is 4.98. The van der Waals surface area contributed by atoms with Crippen molar-refractivity contribution in [3.8, 4) is 0 Å². The second-order valence-corrected chi connectivity index (χ2v) is 10.3. The van der Waals surface area contributed by atoms with E-state index in [1.165, 1.54) is 0 Å². The Labute approximate surface area is 228 Å². The SMILES string of the molecule is Cc1cc(Nc2ncc3c(n2)N(c2ccc(N4CCOCC4)cc2)CCC(=O)N3C)ccc1NC(=O)C1CC1. The van der Waals surface area contributed by atoms with E-state index in [1.54, 1.807) is 18.1 Å². The van der Waals surface area contributed by atoms with Crippen LogP contribution in [0.4, 0.5) is 40.2 Å². The maximum Gasteiger partial charge on any atom is 0.229 e. The first-order valence-electron chi connectivity index (χ1n) is 13.5. The minimum Gasteiger partial charge on any atom is -0.378 e. The average molecular weight is 528 g/mol. The summed E-state index contributed by atoms with van der Waals surface area (Å²) in [5, 5.41) is 6.32. The molecule has 1 saturated heterocycles. The lowest BCUT2D eigenvalue weighted by Gasteiger charge is -2.30. The number of hydrogen-bond acceptors (Lipinski definition) is 8. The lowest BCUT2D eigenvalue weighted by atomic mass is 10.1. The molecule has 1 aliphatic carbocycles. The average Bonchev–Trinajstić information content (AvgIpc) is 3.81. The van der Waals surface area contributed by atoms with Crippen molar-refractivity contribution < 1.29 is 14.3 Å². The summed E-state index contributed by atoms with van der Waals surface area (Å²) in [6.07, 6.45) is 4.00. The first kappa shape index (κ1) is 25.1. The Balaban J connectivity index is 1.26. The van der Waals surface area contributed by atoms with E-state index in [1.807, 2.05) is 25.1 Å². The van der Waals surface area contributed by atoms with Gasteiger partial charge in [-0.15, -0.1) is 0 Å². The van der Waals surface area contributed by atoms with Gasteiger partial charge in [-0.25, -0.2) is 4.98 Å². The van der Waals surface area contributed by atoms with Crippen LogP contribution in [0.2, 0.25) is 0 Å². The van der Waals surface area contributed by atoms with Gasteiger partial charge in [-0.05, 0) is 67.8 Å². The minimum atomic E-state index is 0.0208. The molecule has 2 fully saturated rings. The molecule has 2 N–H and O–H groups in total. The third-order valence-corrected chi connectivity index (χ3v) is 7.52. The van der Waals surface area contributed by atoms with E-state index in [0.717, 1.165) is 67.5 Å². The van der Waals surface area contributed by atoms with E-state index < -0.39 is 0 Å². The Bertz CT molecular complexity index is 1380. The van der Waals surface area contributed by atoms with Crippen LogP contribution in [0, 0.1) is 12.8 Å². The van der Waals surface area contributed by atoms with E-state index in [2.05, 4.69) is 49.7 Å². The van der Waals surface area contributed by atoms with Crippen molar-refractivity contribution in [1.82, 2.24) is 9.97 Å². The lowest BCUT2D eigenvalue weighted by molar-refractivity contribution is -0.118. The Hall–Kier alpha value is -4.18. The molecule has 202 valence electrons. The molecular formula is C29H33N7O3. The number of carbonyl (C=O) groups excluding carboxylic acids is 2. The van der Waals surface area contributed by atoms with Crippen molar-refractivity contribution in [1.29, 1.82) is 0 Å². The van der Waals surface area contributed by atoms with Crippen molar-refractivity contribution >= 4 is 52.0 Å². The Kier molecular flexibility index (Phi) is 6.78. The third-order valence-electron chi connectivity index (χ3n) is 7.52. The van der Waals surface area contributed by atoms with Gasteiger partial charge >= 0.3 is 0 Å². The second kappa shape index (κ2) is 10.5. The van der Waals surface area contributed by atoms with Crippen LogP contribution in [0.1, 0.15) is 24.8 Å². The molecule has 2 aliphatic heterocycles. The molecule has 3 aliphatic rings. The predicted molar refractivity (Wildman–Crippen MR) is 152 cm³/mol. The number of ether oxygens (including phenoxy) is 1. The monoisotopic (exact) mass is 527 g/mol. The molecule has 3 aromatic rings. The van der Waals surface area contributed by atoms with Crippen LogP contribution in [0.25, 0.3) is 0 Å². The molecule has 1 aromatic heterocycles. The number of nitrogens with one attached hydrogen (secondary N) is 2. The fourth-order valence-corrected chi connectivity index (χ4v) is 4.98. The van der Waals surface area contributed by atoms with Crippen LogP contribution in [-0.4, -0.2) is 61.7 Å². The number of nitrogens with zero attached hydrogens (tertiary/aromatic N) is 5. The van der Waals surface area contributed by atoms with Gasteiger partial charge < -0.3 is 30.1 Å². The molecule has 10 heteroatoms. The molecule has 6 rings (SSSR count). The molecule has 0 bridgehead atoms. The van der Waals surface area contributed by atoms with Gasteiger partial charge in [0.15, 0.2) is 5.82 Å². The van der Waals surface area contributed by atoms with Crippen LogP contribution in [0.3, 0.4) is 0 Å². The lowest BCUT2D eigenvalue weighted by Crippen LogP contribution is -2.36. The van der Waals surface area contributed by atoms with Crippen molar-refractivity contribution in [3.05, 3.63) is 54.2 Å². The zero-order chi connectivity index (χ0) is 26.9. The molecule has 10 nitrogen and oxygen atoms in total. The molecule has 2 amide bonds. The smallest absolute Gasteiger partial charge is 0.229 e. The molecule has 0 spiro atoms. The molecule has 0 unspecified atom stereocenters. The largest absolute Gasteiger partial charge is 0.378 e. The molecule has 3 heterocycles. The van der Waals surface area contributed by atoms with Crippen molar-refractivity contribution in [3.63, 3.8) is 0 Å². The summed E-state index contributed by atoms with van der Waals surface area (Å²) in [6.45, 7) is 5.70. The minimum absolute atomic E-state index is 0.0208. The van der Waals surface area contributed by atoms with E-state index in [-0.39, 0.29) is 17.7 Å². The Morgan fingerprint density at radius 2 is 1.77 bits per heavy atom. The standard InChI is InChI=1S/C29H33N7O3/c1-19-17-21(5-10-24(19)32-28(38)20-3-4-20)31-29-30-18-25-27(33-29)36(12-11-26(37)34(25)2)23-8-6-22(7-9-23)35-13-15-39-16-14-35/h5-10,17-18,20H,3-4,11-16H2,1-2H3,(H,32,38)(H,30,31,33). The number of carbonyl (C=O) groups is 2. The maximum absolute atomic E-state index is 12.8. The first-order valence-corrected chi connectivity index (χ1v) is 13.5. The maximum atomic E-state index is 12.8. The Morgan fingerprint density at radius 3 is 2.49 bits per heavy atom. The van der Waals surface area contributed by atoms with Crippen molar-refractivity contribution in [2.24, 2.45) is 5.92 Å². The molecule has 2 aromatic carbocycles. The topological polar surface area (TPSA) is 103 Å². The highest BCUT2D eigenvalue weighted by molar-refractivity contribution is 5.98. The van der Waals surface area contributed by atoms with Gasteiger partial charge in [-0.2, -0.15) is 4.98 Å². The zero-order valence-corrected chi connectivity index (χ0v) is 22.3. The number of anilines is 7. The highest BCUT2D eigenvalue weighted by Gasteiger charge is 2.30. The van der Waals surface area contributed by atoms with Gasteiger partial charge in [-0.3, -0.25) is 9.59 Å². The van der Waals surface area contributed by atoms with Crippen LogP contribution in [0.5, 0.6) is 0 Å². The predicted octanol–water partition coefficient (Wildman–Crippen LogP) is 4.22. The number of fused-ring (bicyclic) bond motifs is 1. The second-order valence-electron chi connectivity index (χ2n) is 10.3. The normalized spacial score (nSPS) is 17.5. The van der Waals surface area contributed by atoms with Crippen LogP contribution in [-0.2, 0) is 14.3 Å². The van der Waals surface area contributed by atoms with Gasteiger partial charge in [0.25, 0.3) is 0 Å². The van der Waals surface area contributed by atoms with Crippen molar-refractivity contribution in [2.75, 3.05) is 65.2 Å². The number of aryl methyl sites for hydroxylation is 1. The highest BCUT2D eigenvalue weighted by atomic mass is 16.5. The molecule has 0 atom stereocenters. The van der Waals surface area contributed by atoms with Crippen molar-refractivity contribution in [2.45, 2.75) is 26.2 Å². The Morgan fingerprint density at radius 1 is 1.03 bits per heavy atom. The fraction of sp³-hybridized carbons (Fsp3) is 0.379. The quantitative estimate of drug-likeness (QED) is 0.491. The van der Waals surface area contributed by atoms with Gasteiger partial charge in [0.2, 0.25) is 17.8 Å². The summed E-state index contributed by atoms with van der Waals surface area (Å²) < 4.78 is 5.48. The number of amides is 2. The van der Waals surface area contributed by atoms with Gasteiger partial charge in [0.05, 0.1) is 19.4 Å². The van der Waals surface area contributed by atoms with Gasteiger partial charge in [0, 0.05) is 61.8 Å². The summed E-state index contributed by atoms with van der Waals surface area (Å²) in [5.41, 5.74) is 5.37. The van der Waals surface area contributed by atoms with E-state index in [0.29, 0.717) is 30.4 Å². The summed E-state index contributed by atoms with van der Waals surface area (Å²) in [6, 6.07) is 14.2. The van der Waals surface area contributed by atoms with Gasteiger partial charge in [-0.1, -0.05) is 0 Å². The summed E-state index contributed by atoms with van der Waals surface area (Å²) in [7, 11) is 1.76. The van der Waals surface area contributed by atoms with Crippen LogP contribution in [0.15, 0.2) is 48.7 Å². The summed E-state index contributed by atoms with van der Waals surface area (Å²) in [5.74, 6) is 1.36. The number of rotatable bonds is 6. The number of aromatic nitrogens is 2. The molecule has 0 radical (unpaired) electrons. The van der Waals surface area contributed by atoms with E-state index in [4.69, 9.17) is 9.72 Å². The summed E-state index contributed by atoms with van der Waals surface area (Å²) >= 11 is 0. The van der Waals surface area contributed by atoms with Gasteiger partial charge in [0.1, 0.15) is 5.69 Å². The summed E-state index contributed by atoms with van der Waals surface area (Å²) in [4.78, 5) is 40.3. The number of morpholine rings is 1. The highest BCUT2D eigenvalue weighted by Crippen LogP contribution is 2.37.